The number of rotatable bonds is 11. The minimum atomic E-state index is 0.662. The first kappa shape index (κ1) is 18.2. The van der Waals surface area contributed by atoms with Gasteiger partial charge in [0, 0.05) is 6.54 Å². The lowest BCUT2D eigenvalue weighted by Crippen LogP contribution is -2.18. The summed E-state index contributed by atoms with van der Waals surface area (Å²) >= 11 is 1.95. The SMILES string of the molecule is CCSCCCOc1ccc(CNCC(C)C)cc1OC. The third-order valence-electron chi connectivity index (χ3n) is 3.00. The zero-order valence-corrected chi connectivity index (χ0v) is 14.6. The zero-order chi connectivity index (χ0) is 15.5. The average molecular weight is 311 g/mol. The molecule has 0 aromatic heterocycles. The van der Waals surface area contributed by atoms with E-state index in [9.17, 15) is 0 Å². The van der Waals surface area contributed by atoms with Gasteiger partial charge in [0.2, 0.25) is 0 Å². The van der Waals surface area contributed by atoms with Crippen molar-refractivity contribution in [2.75, 3.05) is 31.8 Å². The van der Waals surface area contributed by atoms with Crippen molar-refractivity contribution in [2.24, 2.45) is 5.92 Å². The summed E-state index contributed by atoms with van der Waals surface area (Å²) in [5.41, 5.74) is 1.22. The second kappa shape index (κ2) is 10.8. The second-order valence-corrected chi connectivity index (χ2v) is 6.80. The van der Waals surface area contributed by atoms with Gasteiger partial charge in [-0.05, 0) is 48.1 Å². The molecular weight excluding hydrogens is 282 g/mol. The molecule has 0 amide bonds. The molecule has 1 rings (SSSR count). The Morgan fingerprint density at radius 2 is 2.05 bits per heavy atom. The lowest BCUT2D eigenvalue weighted by atomic mass is 10.2. The second-order valence-electron chi connectivity index (χ2n) is 5.41. The van der Waals surface area contributed by atoms with E-state index in [1.807, 2.05) is 17.8 Å². The molecular formula is C17H29NO2S. The molecule has 0 bridgehead atoms. The highest BCUT2D eigenvalue weighted by atomic mass is 32.2. The van der Waals surface area contributed by atoms with Gasteiger partial charge in [0.15, 0.2) is 11.5 Å². The van der Waals surface area contributed by atoms with Crippen molar-refractivity contribution >= 4 is 11.8 Å². The molecule has 0 unspecified atom stereocenters. The number of nitrogens with one attached hydrogen (secondary N) is 1. The largest absolute Gasteiger partial charge is 0.493 e. The number of ether oxygens (including phenoxy) is 2. The highest BCUT2D eigenvalue weighted by molar-refractivity contribution is 7.99. The molecule has 1 N–H and O–H groups in total. The summed E-state index contributed by atoms with van der Waals surface area (Å²) in [6, 6.07) is 6.17. The van der Waals surface area contributed by atoms with E-state index in [1.54, 1.807) is 7.11 Å². The first-order valence-corrected chi connectivity index (χ1v) is 8.91. The van der Waals surface area contributed by atoms with Crippen LogP contribution in [0.5, 0.6) is 11.5 Å². The highest BCUT2D eigenvalue weighted by Crippen LogP contribution is 2.28. The van der Waals surface area contributed by atoms with Gasteiger partial charge in [-0.25, -0.2) is 0 Å². The molecule has 0 aliphatic rings. The summed E-state index contributed by atoms with van der Waals surface area (Å²) in [5.74, 6) is 4.64. The Morgan fingerprint density at radius 3 is 2.71 bits per heavy atom. The van der Waals surface area contributed by atoms with E-state index in [1.165, 1.54) is 11.3 Å². The molecule has 3 nitrogen and oxygen atoms in total. The van der Waals surface area contributed by atoms with Crippen molar-refractivity contribution in [3.63, 3.8) is 0 Å². The van der Waals surface area contributed by atoms with Crippen molar-refractivity contribution < 1.29 is 9.47 Å². The third-order valence-corrected chi connectivity index (χ3v) is 3.99. The predicted molar refractivity (Wildman–Crippen MR) is 92.6 cm³/mol. The van der Waals surface area contributed by atoms with Crippen LogP contribution in [0.25, 0.3) is 0 Å². The van der Waals surface area contributed by atoms with E-state index >= 15 is 0 Å². The molecule has 0 fully saturated rings. The standard InChI is InChI=1S/C17H29NO2S/c1-5-21-10-6-9-20-16-8-7-15(11-17(16)19-4)13-18-12-14(2)3/h7-8,11,14,18H,5-6,9-10,12-13H2,1-4H3. The molecule has 0 aliphatic carbocycles. The molecule has 21 heavy (non-hydrogen) atoms. The zero-order valence-electron chi connectivity index (χ0n) is 13.8. The molecule has 120 valence electrons. The third kappa shape index (κ3) is 7.63. The van der Waals surface area contributed by atoms with Crippen LogP contribution in [0.15, 0.2) is 18.2 Å². The monoisotopic (exact) mass is 311 g/mol. The molecule has 0 radical (unpaired) electrons. The number of hydrogen-bond donors (Lipinski definition) is 1. The summed E-state index contributed by atoms with van der Waals surface area (Å²) in [6.45, 7) is 9.23. The van der Waals surface area contributed by atoms with Gasteiger partial charge in [-0.2, -0.15) is 11.8 Å². The Hall–Kier alpha value is -0.870. The topological polar surface area (TPSA) is 30.5 Å². The Balaban J connectivity index is 2.46. The number of thioether (sulfide) groups is 1. The van der Waals surface area contributed by atoms with E-state index in [-0.39, 0.29) is 0 Å². The van der Waals surface area contributed by atoms with Crippen LogP contribution in [0.3, 0.4) is 0 Å². The van der Waals surface area contributed by atoms with E-state index in [0.29, 0.717) is 5.92 Å². The van der Waals surface area contributed by atoms with Crippen LogP contribution < -0.4 is 14.8 Å². The van der Waals surface area contributed by atoms with Gasteiger partial charge >= 0.3 is 0 Å². The van der Waals surface area contributed by atoms with Gasteiger partial charge in [-0.1, -0.05) is 26.8 Å². The number of benzene rings is 1. The molecule has 4 heteroatoms. The van der Waals surface area contributed by atoms with Crippen LogP contribution >= 0.6 is 11.8 Å². The summed E-state index contributed by atoms with van der Waals surface area (Å²) in [5, 5.41) is 3.44. The highest BCUT2D eigenvalue weighted by Gasteiger charge is 2.06. The Labute approximate surface area is 133 Å². The molecule has 0 atom stereocenters. The van der Waals surface area contributed by atoms with E-state index < -0.39 is 0 Å². The lowest BCUT2D eigenvalue weighted by Gasteiger charge is -2.13. The number of hydrogen-bond acceptors (Lipinski definition) is 4. The fraction of sp³-hybridized carbons (Fsp3) is 0.647. The molecule has 0 saturated heterocycles. The number of methoxy groups -OCH3 is 1. The van der Waals surface area contributed by atoms with E-state index in [0.717, 1.165) is 43.4 Å². The van der Waals surface area contributed by atoms with Gasteiger partial charge in [-0.15, -0.1) is 0 Å². The fourth-order valence-corrected chi connectivity index (χ4v) is 2.54. The molecule has 1 aromatic carbocycles. The minimum Gasteiger partial charge on any atom is -0.493 e. The van der Waals surface area contributed by atoms with Crippen molar-refractivity contribution in [1.29, 1.82) is 0 Å². The van der Waals surface area contributed by atoms with Crippen molar-refractivity contribution in [3.8, 4) is 11.5 Å². The summed E-state index contributed by atoms with van der Waals surface area (Å²) in [6.07, 6.45) is 1.07. The van der Waals surface area contributed by atoms with Gasteiger partial charge < -0.3 is 14.8 Å². The maximum atomic E-state index is 5.81. The summed E-state index contributed by atoms with van der Waals surface area (Å²) < 4.78 is 11.2. The van der Waals surface area contributed by atoms with Crippen molar-refractivity contribution in [2.45, 2.75) is 33.7 Å². The Kier molecular flexibility index (Phi) is 9.35. The van der Waals surface area contributed by atoms with Crippen LogP contribution in [0.4, 0.5) is 0 Å². The van der Waals surface area contributed by atoms with Crippen LogP contribution in [0.1, 0.15) is 32.8 Å². The van der Waals surface area contributed by atoms with Crippen LogP contribution in [0.2, 0.25) is 0 Å². The maximum absolute atomic E-state index is 5.81. The molecule has 0 spiro atoms. The quantitative estimate of drug-likeness (QED) is 0.627. The maximum Gasteiger partial charge on any atom is 0.161 e. The van der Waals surface area contributed by atoms with Gasteiger partial charge in [0.05, 0.1) is 13.7 Å². The summed E-state index contributed by atoms with van der Waals surface area (Å²) in [4.78, 5) is 0. The van der Waals surface area contributed by atoms with Gasteiger partial charge in [0.25, 0.3) is 0 Å². The molecule has 0 heterocycles. The van der Waals surface area contributed by atoms with Crippen LogP contribution in [0, 0.1) is 5.92 Å². The van der Waals surface area contributed by atoms with Crippen molar-refractivity contribution in [1.82, 2.24) is 5.32 Å². The first-order valence-electron chi connectivity index (χ1n) is 7.75. The van der Waals surface area contributed by atoms with Gasteiger partial charge in [-0.3, -0.25) is 0 Å². The van der Waals surface area contributed by atoms with Crippen LogP contribution in [-0.2, 0) is 6.54 Å². The lowest BCUT2D eigenvalue weighted by molar-refractivity contribution is 0.295. The normalized spacial score (nSPS) is 10.9. The predicted octanol–water partition coefficient (Wildman–Crippen LogP) is 3.96. The average Bonchev–Trinajstić information content (AvgIpc) is 2.47. The van der Waals surface area contributed by atoms with E-state index in [2.05, 4.69) is 38.2 Å². The first-order chi connectivity index (χ1) is 10.2. The molecule has 0 saturated carbocycles. The fourth-order valence-electron chi connectivity index (χ4n) is 1.93. The van der Waals surface area contributed by atoms with Crippen molar-refractivity contribution in [3.05, 3.63) is 23.8 Å². The van der Waals surface area contributed by atoms with Crippen LogP contribution in [-0.4, -0.2) is 31.8 Å². The minimum absolute atomic E-state index is 0.662. The Morgan fingerprint density at radius 1 is 1.24 bits per heavy atom. The summed E-state index contributed by atoms with van der Waals surface area (Å²) in [7, 11) is 1.69. The van der Waals surface area contributed by atoms with E-state index in [4.69, 9.17) is 9.47 Å². The molecule has 1 aromatic rings. The Bertz CT molecular complexity index is 396. The van der Waals surface area contributed by atoms with Gasteiger partial charge in [0.1, 0.15) is 0 Å². The molecule has 0 aliphatic heterocycles. The smallest absolute Gasteiger partial charge is 0.161 e.